The van der Waals surface area contributed by atoms with Crippen LogP contribution in [0.3, 0.4) is 0 Å². The third-order valence-corrected chi connectivity index (χ3v) is 8.62. The molecule has 0 aromatic heterocycles. The van der Waals surface area contributed by atoms with Gasteiger partial charge in [-0.2, -0.15) is 4.31 Å². The lowest BCUT2D eigenvalue weighted by Gasteiger charge is -2.33. The van der Waals surface area contributed by atoms with E-state index in [1.165, 1.54) is 22.5 Å². The van der Waals surface area contributed by atoms with Gasteiger partial charge in [-0.3, -0.25) is 4.79 Å². The molecule has 0 bridgehead atoms. The predicted octanol–water partition coefficient (Wildman–Crippen LogP) is 0.388. The van der Waals surface area contributed by atoms with Crippen molar-refractivity contribution in [2.45, 2.75) is 25.2 Å². The van der Waals surface area contributed by atoms with E-state index >= 15 is 0 Å². The first-order valence-electron chi connectivity index (χ1n) is 8.56. The van der Waals surface area contributed by atoms with Gasteiger partial charge in [-0.1, -0.05) is 6.92 Å². The lowest BCUT2D eigenvalue weighted by Crippen LogP contribution is -2.48. The van der Waals surface area contributed by atoms with Crippen LogP contribution in [-0.2, 0) is 24.8 Å². The second-order valence-corrected chi connectivity index (χ2v) is 10.4. The molecule has 2 aliphatic heterocycles. The molecular formula is C16H23N3O5S2. The number of benzene rings is 1. The van der Waals surface area contributed by atoms with Gasteiger partial charge in [0.05, 0.1) is 16.3 Å². The highest BCUT2D eigenvalue weighted by Crippen LogP contribution is 2.30. The second-order valence-electron chi connectivity index (χ2n) is 6.51. The lowest BCUT2D eigenvalue weighted by molar-refractivity contribution is -0.116. The summed E-state index contributed by atoms with van der Waals surface area (Å²) in [6, 6.07) is 4.24. The molecule has 144 valence electrons. The average molecular weight is 402 g/mol. The fourth-order valence-corrected chi connectivity index (χ4v) is 6.42. The number of likely N-dealkylation sites (N-methyl/N-ethyl adjacent to an activating group) is 1. The van der Waals surface area contributed by atoms with E-state index in [4.69, 9.17) is 0 Å². The molecule has 2 heterocycles. The number of carbonyl (C=O) groups excluding carboxylic acids is 1. The van der Waals surface area contributed by atoms with Gasteiger partial charge in [0.25, 0.3) is 0 Å². The number of amides is 1. The summed E-state index contributed by atoms with van der Waals surface area (Å²) < 4.78 is 52.2. The minimum Gasteiger partial charge on any atom is -0.301 e. The molecule has 0 atom stereocenters. The molecule has 2 aliphatic rings. The molecule has 0 aliphatic carbocycles. The van der Waals surface area contributed by atoms with Crippen LogP contribution in [0.15, 0.2) is 23.1 Å². The lowest BCUT2D eigenvalue weighted by atomic mass is 10.2. The number of hydrogen-bond donors (Lipinski definition) is 0. The van der Waals surface area contributed by atoms with Gasteiger partial charge in [0, 0.05) is 32.6 Å². The predicted molar refractivity (Wildman–Crippen MR) is 97.9 cm³/mol. The van der Waals surface area contributed by atoms with Crippen molar-refractivity contribution >= 4 is 31.6 Å². The van der Waals surface area contributed by atoms with Crippen LogP contribution < -0.4 is 4.31 Å². The Morgan fingerprint density at radius 3 is 2.27 bits per heavy atom. The van der Waals surface area contributed by atoms with Crippen molar-refractivity contribution in [3.63, 3.8) is 0 Å². The first kappa shape index (κ1) is 19.3. The first-order valence-corrected chi connectivity index (χ1v) is 11.6. The van der Waals surface area contributed by atoms with E-state index in [0.717, 1.165) is 10.8 Å². The molecule has 0 spiro atoms. The van der Waals surface area contributed by atoms with Crippen LogP contribution in [0, 0.1) is 6.92 Å². The molecule has 0 saturated carbocycles. The van der Waals surface area contributed by atoms with Crippen LogP contribution in [0.4, 0.5) is 5.69 Å². The fraction of sp³-hybridized carbons (Fsp3) is 0.562. The molecule has 1 aromatic rings. The highest BCUT2D eigenvalue weighted by atomic mass is 32.2. The molecule has 2 saturated heterocycles. The molecule has 26 heavy (non-hydrogen) atoms. The molecule has 8 nitrogen and oxygen atoms in total. The number of carbonyl (C=O) groups is 1. The largest absolute Gasteiger partial charge is 0.301 e. The molecule has 10 heteroatoms. The van der Waals surface area contributed by atoms with Gasteiger partial charge in [0.1, 0.15) is 0 Å². The maximum absolute atomic E-state index is 12.9. The molecule has 1 amide bonds. The smallest absolute Gasteiger partial charge is 0.243 e. The molecule has 1 aromatic carbocycles. The van der Waals surface area contributed by atoms with Crippen molar-refractivity contribution in [2.75, 3.05) is 42.8 Å². The van der Waals surface area contributed by atoms with Crippen molar-refractivity contribution in [3.8, 4) is 0 Å². The molecule has 0 unspecified atom stereocenters. The van der Waals surface area contributed by atoms with Crippen LogP contribution in [0.25, 0.3) is 0 Å². The number of hydrogen-bond acceptors (Lipinski definition) is 6. The van der Waals surface area contributed by atoms with Crippen molar-refractivity contribution < 1.29 is 21.6 Å². The van der Waals surface area contributed by atoms with Gasteiger partial charge in [-0.15, -0.1) is 0 Å². The number of rotatable bonds is 4. The summed E-state index contributed by atoms with van der Waals surface area (Å²) in [6.07, 6.45) is -0.0524. The standard InChI is InChI=1S/C16H23N3O5S2/c1-3-17-7-9-18(10-8-17)26(23,24)15-5-4-14(12-13(15)2)19-16(20)6-11-25(19,21)22/h4-5,12H,3,6-11H2,1-2H3. The van der Waals surface area contributed by atoms with E-state index in [1.807, 2.05) is 6.92 Å². The Bertz CT molecular complexity index is 919. The summed E-state index contributed by atoms with van der Waals surface area (Å²) in [5.74, 6) is -0.706. The zero-order valence-electron chi connectivity index (χ0n) is 14.9. The van der Waals surface area contributed by atoms with Crippen LogP contribution in [0.5, 0.6) is 0 Å². The van der Waals surface area contributed by atoms with E-state index in [0.29, 0.717) is 31.7 Å². The van der Waals surface area contributed by atoms with E-state index in [1.54, 1.807) is 6.92 Å². The van der Waals surface area contributed by atoms with Crippen LogP contribution in [0.2, 0.25) is 0 Å². The molecule has 0 radical (unpaired) electrons. The number of anilines is 1. The van der Waals surface area contributed by atoms with E-state index in [9.17, 15) is 21.6 Å². The quantitative estimate of drug-likeness (QED) is 0.724. The van der Waals surface area contributed by atoms with Gasteiger partial charge < -0.3 is 4.90 Å². The summed E-state index contributed by atoms with van der Waals surface area (Å²) in [7, 11) is -7.32. The zero-order chi connectivity index (χ0) is 19.1. The van der Waals surface area contributed by atoms with Crippen molar-refractivity contribution in [2.24, 2.45) is 0 Å². The van der Waals surface area contributed by atoms with Gasteiger partial charge >= 0.3 is 0 Å². The van der Waals surface area contributed by atoms with Gasteiger partial charge in [-0.25, -0.2) is 21.1 Å². The maximum atomic E-state index is 12.9. The topological polar surface area (TPSA) is 95.1 Å². The first-order chi connectivity index (χ1) is 12.2. The van der Waals surface area contributed by atoms with Gasteiger partial charge in [0.2, 0.25) is 26.0 Å². The highest BCUT2D eigenvalue weighted by molar-refractivity contribution is 7.94. The van der Waals surface area contributed by atoms with E-state index in [2.05, 4.69) is 4.90 Å². The summed E-state index contributed by atoms with van der Waals surface area (Å²) in [5.41, 5.74) is 0.620. The molecule has 3 rings (SSSR count). The SMILES string of the molecule is CCN1CCN(S(=O)(=O)c2ccc(N3C(=O)CCS3(=O)=O)cc2C)CC1. The maximum Gasteiger partial charge on any atom is 0.243 e. The average Bonchev–Trinajstić information content (AvgIpc) is 2.87. The molecule has 2 fully saturated rings. The van der Waals surface area contributed by atoms with Gasteiger partial charge in [-0.05, 0) is 37.2 Å². The Morgan fingerprint density at radius 2 is 1.77 bits per heavy atom. The summed E-state index contributed by atoms with van der Waals surface area (Å²) in [6.45, 7) is 6.78. The van der Waals surface area contributed by atoms with Crippen LogP contribution in [-0.4, -0.2) is 70.4 Å². The number of sulfonamides is 2. The normalized spacial score (nSPS) is 22.1. The summed E-state index contributed by atoms with van der Waals surface area (Å²) in [4.78, 5) is 14.2. The minimum atomic E-state index is -3.67. The minimum absolute atomic E-state index is 0.0524. The highest BCUT2D eigenvalue weighted by Gasteiger charge is 2.37. The monoisotopic (exact) mass is 401 g/mol. The van der Waals surface area contributed by atoms with Crippen LogP contribution >= 0.6 is 0 Å². The fourth-order valence-electron chi connectivity index (χ4n) is 3.34. The van der Waals surface area contributed by atoms with Crippen molar-refractivity contribution in [1.82, 2.24) is 9.21 Å². The third-order valence-electron chi connectivity index (χ3n) is 4.87. The zero-order valence-corrected chi connectivity index (χ0v) is 16.5. The summed E-state index contributed by atoms with van der Waals surface area (Å²) >= 11 is 0. The number of piperazine rings is 1. The molecular weight excluding hydrogens is 378 g/mol. The number of aryl methyl sites for hydroxylation is 1. The molecule has 0 N–H and O–H groups in total. The number of nitrogens with zero attached hydrogens (tertiary/aromatic N) is 3. The van der Waals surface area contributed by atoms with Crippen LogP contribution in [0.1, 0.15) is 18.9 Å². The Labute approximate surface area is 154 Å². The van der Waals surface area contributed by atoms with Gasteiger partial charge in [0.15, 0.2) is 0 Å². The van der Waals surface area contributed by atoms with E-state index in [-0.39, 0.29) is 22.8 Å². The Balaban J connectivity index is 1.89. The Morgan fingerprint density at radius 1 is 1.12 bits per heavy atom. The van der Waals surface area contributed by atoms with Crippen molar-refractivity contribution in [3.05, 3.63) is 23.8 Å². The third kappa shape index (κ3) is 3.38. The summed E-state index contributed by atoms with van der Waals surface area (Å²) in [5, 5.41) is 0. The second kappa shape index (κ2) is 6.91. The Kier molecular flexibility index (Phi) is 5.13. The van der Waals surface area contributed by atoms with Crippen molar-refractivity contribution in [1.29, 1.82) is 0 Å². The Hall–Kier alpha value is -1.49. The van der Waals surface area contributed by atoms with E-state index < -0.39 is 26.0 Å².